The molecule has 2 aromatic carbocycles. The van der Waals surface area contributed by atoms with E-state index in [1.807, 2.05) is 30.3 Å². The Morgan fingerprint density at radius 2 is 1.50 bits per heavy atom. The molecule has 0 aromatic heterocycles. The first-order valence-electron chi connectivity index (χ1n) is 9.35. The lowest BCUT2D eigenvalue weighted by atomic mass is 9.71. The van der Waals surface area contributed by atoms with Crippen molar-refractivity contribution in [3.05, 3.63) is 47.5 Å². The van der Waals surface area contributed by atoms with Crippen LogP contribution in [0.2, 0.25) is 0 Å². The Labute approximate surface area is 166 Å². The average molecular weight is 387 g/mol. The zero-order chi connectivity index (χ0) is 20.1. The summed E-state index contributed by atoms with van der Waals surface area (Å²) in [6, 6.07) is 11.9. The van der Waals surface area contributed by atoms with Crippen LogP contribution < -0.4 is 24.3 Å². The smallest absolute Gasteiger partial charge is 0.160 e. The lowest BCUT2D eigenvalue weighted by Gasteiger charge is -2.34. The highest BCUT2D eigenvalue weighted by molar-refractivity contribution is 5.46. The second-order valence-corrected chi connectivity index (χ2v) is 7.18. The number of methoxy groups -OCH3 is 4. The van der Waals surface area contributed by atoms with Crippen LogP contribution in [0.4, 0.5) is 0 Å². The van der Waals surface area contributed by atoms with E-state index >= 15 is 0 Å². The van der Waals surface area contributed by atoms with Gasteiger partial charge in [-0.1, -0.05) is 12.1 Å². The van der Waals surface area contributed by atoms with Crippen LogP contribution in [-0.2, 0) is 6.42 Å². The van der Waals surface area contributed by atoms with Gasteiger partial charge in [-0.3, -0.25) is 0 Å². The normalized spacial score (nSPS) is 21.4. The fourth-order valence-corrected chi connectivity index (χ4v) is 4.15. The summed E-state index contributed by atoms with van der Waals surface area (Å²) in [7, 11) is 6.52. The van der Waals surface area contributed by atoms with E-state index < -0.39 is 0 Å². The summed E-state index contributed by atoms with van der Waals surface area (Å²) in [4.78, 5) is 0. The summed E-state index contributed by atoms with van der Waals surface area (Å²) >= 11 is 0. The second-order valence-electron chi connectivity index (χ2n) is 7.18. The monoisotopic (exact) mass is 387 g/mol. The van der Waals surface area contributed by atoms with Crippen LogP contribution >= 0.6 is 0 Å². The Hall–Kier alpha value is -2.44. The van der Waals surface area contributed by atoms with Gasteiger partial charge in [0.1, 0.15) is 0 Å². The summed E-state index contributed by atoms with van der Waals surface area (Å²) < 4.78 is 21.6. The Bertz CT molecular complexity index is 810. The molecule has 1 fully saturated rings. The van der Waals surface area contributed by atoms with Crippen LogP contribution in [0.25, 0.3) is 0 Å². The van der Waals surface area contributed by atoms with Crippen molar-refractivity contribution in [1.82, 2.24) is 5.32 Å². The minimum atomic E-state index is -0.320. The molecule has 28 heavy (non-hydrogen) atoms. The van der Waals surface area contributed by atoms with Gasteiger partial charge in [0.2, 0.25) is 0 Å². The molecule has 2 N–H and O–H groups in total. The molecule has 0 spiro atoms. The van der Waals surface area contributed by atoms with Crippen molar-refractivity contribution in [1.29, 1.82) is 0 Å². The van der Waals surface area contributed by atoms with Gasteiger partial charge in [0.15, 0.2) is 23.0 Å². The zero-order valence-corrected chi connectivity index (χ0v) is 17.0. The molecule has 1 aliphatic rings. The third-order valence-electron chi connectivity index (χ3n) is 5.69. The number of hydrogen-bond acceptors (Lipinski definition) is 6. The molecule has 2 unspecified atom stereocenters. The Kier molecular flexibility index (Phi) is 6.31. The molecular formula is C22H29NO5. The summed E-state index contributed by atoms with van der Waals surface area (Å²) in [5.41, 5.74) is 1.90. The Balaban J connectivity index is 1.93. The van der Waals surface area contributed by atoms with Crippen LogP contribution in [0.1, 0.15) is 17.0 Å². The molecule has 0 aliphatic carbocycles. The molecule has 152 valence electrons. The molecule has 0 bridgehead atoms. The fourth-order valence-electron chi connectivity index (χ4n) is 4.15. The Morgan fingerprint density at radius 1 is 0.893 bits per heavy atom. The maximum Gasteiger partial charge on any atom is 0.160 e. The predicted octanol–water partition coefficient (Wildman–Crippen LogP) is 2.63. The molecule has 2 aromatic rings. The van der Waals surface area contributed by atoms with Crippen LogP contribution in [0, 0.1) is 5.41 Å². The lowest BCUT2D eigenvalue weighted by molar-refractivity contribution is 0.126. The van der Waals surface area contributed by atoms with Crippen molar-refractivity contribution in [2.45, 2.75) is 12.3 Å². The van der Waals surface area contributed by atoms with Gasteiger partial charge < -0.3 is 29.4 Å². The number of ether oxygens (including phenoxy) is 4. The van der Waals surface area contributed by atoms with E-state index in [9.17, 15) is 5.11 Å². The van der Waals surface area contributed by atoms with Crippen molar-refractivity contribution >= 4 is 0 Å². The third kappa shape index (κ3) is 3.75. The van der Waals surface area contributed by atoms with Gasteiger partial charge in [-0.15, -0.1) is 0 Å². The van der Waals surface area contributed by atoms with E-state index in [1.54, 1.807) is 28.4 Å². The maximum absolute atomic E-state index is 10.4. The molecule has 1 saturated heterocycles. The maximum atomic E-state index is 10.4. The van der Waals surface area contributed by atoms with Crippen molar-refractivity contribution in [2.24, 2.45) is 5.41 Å². The molecule has 1 aliphatic heterocycles. The molecule has 0 saturated carbocycles. The highest BCUT2D eigenvalue weighted by Crippen LogP contribution is 2.44. The van der Waals surface area contributed by atoms with Crippen molar-refractivity contribution in [3.8, 4) is 23.0 Å². The third-order valence-corrected chi connectivity index (χ3v) is 5.69. The molecule has 6 nitrogen and oxygen atoms in total. The number of aliphatic hydroxyl groups is 1. The fraction of sp³-hybridized carbons (Fsp3) is 0.455. The molecule has 6 heteroatoms. The molecule has 0 radical (unpaired) electrons. The molecule has 0 amide bonds. The minimum Gasteiger partial charge on any atom is -0.493 e. The zero-order valence-electron chi connectivity index (χ0n) is 17.0. The summed E-state index contributed by atoms with van der Waals surface area (Å²) in [5.74, 6) is 2.94. The van der Waals surface area contributed by atoms with Gasteiger partial charge >= 0.3 is 0 Å². The van der Waals surface area contributed by atoms with E-state index in [4.69, 9.17) is 18.9 Å². The van der Waals surface area contributed by atoms with E-state index in [-0.39, 0.29) is 17.9 Å². The van der Waals surface area contributed by atoms with Gasteiger partial charge in [-0.25, -0.2) is 0 Å². The first-order chi connectivity index (χ1) is 13.6. The van der Waals surface area contributed by atoms with Crippen LogP contribution in [0.15, 0.2) is 36.4 Å². The second kappa shape index (κ2) is 8.71. The standard InChI is InChI=1S/C22H29NO5/c1-25-18-7-5-15(9-20(18)27-3)11-22(14-24)13-23-12-17(22)16-6-8-19(26-2)21(10-16)28-4/h5-10,17,23-24H,11-14H2,1-4H3. The average Bonchev–Trinajstić information content (AvgIpc) is 3.16. The highest BCUT2D eigenvalue weighted by Gasteiger charge is 2.43. The van der Waals surface area contributed by atoms with Crippen LogP contribution in [0.3, 0.4) is 0 Å². The minimum absolute atomic E-state index is 0.0767. The number of hydrogen-bond donors (Lipinski definition) is 2. The van der Waals surface area contributed by atoms with Gasteiger partial charge in [-0.05, 0) is 41.8 Å². The Morgan fingerprint density at radius 3 is 2.11 bits per heavy atom. The van der Waals surface area contributed by atoms with E-state index in [2.05, 4.69) is 11.4 Å². The molecule has 3 rings (SSSR count). The summed E-state index contributed by atoms with van der Waals surface area (Å²) in [6.45, 7) is 1.60. The lowest BCUT2D eigenvalue weighted by Crippen LogP contribution is -2.35. The summed E-state index contributed by atoms with van der Waals surface area (Å²) in [6.07, 6.45) is 0.718. The molecule has 2 atom stereocenters. The van der Waals surface area contributed by atoms with E-state index in [0.717, 1.165) is 30.6 Å². The van der Waals surface area contributed by atoms with Crippen molar-refractivity contribution < 1.29 is 24.1 Å². The number of benzene rings is 2. The van der Waals surface area contributed by atoms with Crippen molar-refractivity contribution in [2.75, 3.05) is 48.1 Å². The summed E-state index contributed by atoms with van der Waals surface area (Å²) in [5, 5.41) is 13.9. The van der Waals surface area contributed by atoms with Gasteiger partial charge in [0, 0.05) is 24.4 Å². The first kappa shape index (κ1) is 20.3. The van der Waals surface area contributed by atoms with Gasteiger partial charge in [0.25, 0.3) is 0 Å². The predicted molar refractivity (Wildman–Crippen MR) is 108 cm³/mol. The van der Waals surface area contributed by atoms with Crippen LogP contribution in [-0.4, -0.2) is 53.2 Å². The largest absolute Gasteiger partial charge is 0.493 e. The van der Waals surface area contributed by atoms with Crippen molar-refractivity contribution in [3.63, 3.8) is 0 Å². The number of aliphatic hydroxyl groups excluding tert-OH is 1. The molecule has 1 heterocycles. The van der Waals surface area contributed by atoms with Crippen LogP contribution in [0.5, 0.6) is 23.0 Å². The quantitative estimate of drug-likeness (QED) is 0.726. The number of rotatable bonds is 8. The molecular weight excluding hydrogens is 358 g/mol. The number of nitrogens with one attached hydrogen (secondary N) is 1. The van der Waals surface area contributed by atoms with E-state index in [1.165, 1.54) is 0 Å². The topological polar surface area (TPSA) is 69.2 Å². The SMILES string of the molecule is COc1ccc(CC2(CO)CNCC2c2ccc(OC)c(OC)c2)cc1OC. The van der Waals surface area contributed by atoms with Gasteiger partial charge in [-0.2, -0.15) is 0 Å². The van der Waals surface area contributed by atoms with Gasteiger partial charge in [0.05, 0.1) is 35.0 Å². The van der Waals surface area contributed by atoms with E-state index in [0.29, 0.717) is 23.0 Å². The first-order valence-corrected chi connectivity index (χ1v) is 9.35. The highest BCUT2D eigenvalue weighted by atomic mass is 16.5.